The van der Waals surface area contributed by atoms with Gasteiger partial charge in [-0.3, -0.25) is 4.90 Å². The summed E-state index contributed by atoms with van der Waals surface area (Å²) in [5.74, 6) is 0.828. The molecule has 0 bridgehead atoms. The third kappa shape index (κ3) is 0.565. The summed E-state index contributed by atoms with van der Waals surface area (Å²) in [6.07, 6.45) is 1.37. The van der Waals surface area contributed by atoms with E-state index < -0.39 is 0 Å². The third-order valence-electron chi connectivity index (χ3n) is 2.26. The van der Waals surface area contributed by atoms with Crippen LogP contribution in [0.3, 0.4) is 0 Å². The average Bonchev–Trinajstić information content (AvgIpc) is 2.40. The monoisotopic (exact) mass is 112 g/mol. The van der Waals surface area contributed by atoms with Gasteiger partial charge < -0.3 is 5.73 Å². The Morgan fingerprint density at radius 1 is 1.50 bits per heavy atom. The fraction of sp³-hybridized carbons (Fsp3) is 1.00. The Morgan fingerprint density at radius 3 is 2.75 bits per heavy atom. The van der Waals surface area contributed by atoms with Gasteiger partial charge in [0.15, 0.2) is 0 Å². The highest BCUT2D eigenvalue weighted by molar-refractivity contribution is 4.98. The summed E-state index contributed by atoms with van der Waals surface area (Å²) in [5.41, 5.74) is 5.49. The zero-order valence-electron chi connectivity index (χ0n) is 5.01. The number of nitrogens with zero attached hydrogens (tertiary/aromatic N) is 1. The Kier molecular flexibility index (Phi) is 0.866. The van der Waals surface area contributed by atoms with Crippen LogP contribution in [0, 0.1) is 5.92 Å². The van der Waals surface area contributed by atoms with E-state index in [0.29, 0.717) is 0 Å². The van der Waals surface area contributed by atoms with Crippen LogP contribution in [0.4, 0.5) is 0 Å². The number of fused-ring (bicyclic) bond motifs is 1. The zero-order chi connectivity index (χ0) is 5.56. The second-order valence-electron chi connectivity index (χ2n) is 2.95. The molecule has 0 aromatic heterocycles. The lowest BCUT2D eigenvalue weighted by Crippen LogP contribution is -2.17. The predicted octanol–water partition coefficient (Wildman–Crippen LogP) is -0.351. The van der Waals surface area contributed by atoms with Crippen molar-refractivity contribution in [3.8, 4) is 0 Å². The van der Waals surface area contributed by atoms with Crippen LogP contribution in [0.2, 0.25) is 0 Å². The Bertz CT molecular complexity index is 92.7. The van der Waals surface area contributed by atoms with Crippen LogP contribution in [0.5, 0.6) is 0 Å². The molecule has 0 saturated carbocycles. The molecule has 3 atom stereocenters. The normalized spacial score (nSPS) is 51.4. The third-order valence-corrected chi connectivity index (χ3v) is 2.26. The van der Waals surface area contributed by atoms with Crippen LogP contribution in [-0.2, 0) is 0 Å². The van der Waals surface area contributed by atoms with Crippen molar-refractivity contribution in [2.45, 2.75) is 12.5 Å². The molecule has 0 spiro atoms. The molecule has 2 nitrogen and oxygen atoms in total. The Labute approximate surface area is 49.7 Å². The van der Waals surface area contributed by atoms with E-state index >= 15 is 0 Å². The van der Waals surface area contributed by atoms with Gasteiger partial charge in [0.2, 0.25) is 0 Å². The van der Waals surface area contributed by atoms with E-state index in [4.69, 9.17) is 5.73 Å². The van der Waals surface area contributed by atoms with Crippen molar-refractivity contribution in [1.82, 2.24) is 4.90 Å². The van der Waals surface area contributed by atoms with Crippen LogP contribution in [0.25, 0.3) is 0 Å². The predicted molar refractivity (Wildman–Crippen MR) is 32.5 cm³/mol. The van der Waals surface area contributed by atoms with Crippen LogP contribution in [0.1, 0.15) is 6.42 Å². The molecule has 2 aliphatic rings. The molecule has 2 fully saturated rings. The van der Waals surface area contributed by atoms with E-state index in [9.17, 15) is 0 Å². The molecule has 0 amide bonds. The number of piperidine rings is 1. The van der Waals surface area contributed by atoms with E-state index in [1.807, 2.05) is 0 Å². The summed E-state index contributed by atoms with van der Waals surface area (Å²) in [5, 5.41) is 0. The molecule has 46 valence electrons. The number of hydrogen-bond donors (Lipinski definition) is 1. The van der Waals surface area contributed by atoms with Gasteiger partial charge in [-0.05, 0) is 18.9 Å². The minimum atomic E-state index is 0.828. The molecule has 2 aliphatic heterocycles. The maximum Gasteiger partial charge on any atom is 0.0227 e. The lowest BCUT2D eigenvalue weighted by molar-refractivity contribution is 0.489. The summed E-state index contributed by atoms with van der Waals surface area (Å²) < 4.78 is 0. The summed E-state index contributed by atoms with van der Waals surface area (Å²) in [6.45, 7) is 3.53. The quantitative estimate of drug-likeness (QED) is 0.470. The minimum absolute atomic E-state index is 0.828. The fourth-order valence-corrected chi connectivity index (χ4v) is 1.63. The lowest BCUT2D eigenvalue weighted by Gasteiger charge is -2.04. The van der Waals surface area contributed by atoms with Gasteiger partial charge in [0.05, 0.1) is 0 Å². The first-order valence-electron chi connectivity index (χ1n) is 3.34. The van der Waals surface area contributed by atoms with Gasteiger partial charge in [-0.2, -0.15) is 0 Å². The number of rotatable bonds is 1. The van der Waals surface area contributed by atoms with E-state index in [-0.39, 0.29) is 0 Å². The van der Waals surface area contributed by atoms with Crippen molar-refractivity contribution in [3.05, 3.63) is 0 Å². The van der Waals surface area contributed by atoms with E-state index in [1.165, 1.54) is 19.5 Å². The Hall–Kier alpha value is -0.0800. The van der Waals surface area contributed by atoms with Gasteiger partial charge in [0.1, 0.15) is 0 Å². The second kappa shape index (κ2) is 1.45. The maximum absolute atomic E-state index is 5.49. The van der Waals surface area contributed by atoms with Gasteiger partial charge in [0, 0.05) is 19.1 Å². The molecule has 2 N–H and O–H groups in total. The molecule has 2 rings (SSSR count). The molecule has 8 heavy (non-hydrogen) atoms. The molecular formula is C6H12N2. The molecule has 0 aromatic rings. The molecule has 2 heterocycles. The number of hydrogen-bond acceptors (Lipinski definition) is 2. The molecule has 0 radical (unpaired) electrons. The highest BCUT2D eigenvalue weighted by Crippen LogP contribution is 2.32. The fourth-order valence-electron chi connectivity index (χ4n) is 1.63. The van der Waals surface area contributed by atoms with Gasteiger partial charge in [0.25, 0.3) is 0 Å². The van der Waals surface area contributed by atoms with Gasteiger partial charge in [-0.1, -0.05) is 0 Å². The standard InChI is InChI=1S/C6H12N2/c7-2-5-1-6-4-8(6)3-5/h5-6H,1-4,7H2. The Balaban J connectivity index is 1.89. The Morgan fingerprint density at radius 2 is 2.38 bits per heavy atom. The average molecular weight is 112 g/mol. The van der Waals surface area contributed by atoms with Crippen molar-refractivity contribution >= 4 is 0 Å². The molecule has 0 aliphatic carbocycles. The largest absolute Gasteiger partial charge is 0.330 e. The van der Waals surface area contributed by atoms with Crippen molar-refractivity contribution in [1.29, 1.82) is 0 Å². The molecule has 2 saturated heterocycles. The van der Waals surface area contributed by atoms with Crippen molar-refractivity contribution in [3.63, 3.8) is 0 Å². The minimum Gasteiger partial charge on any atom is -0.330 e. The molecule has 2 heteroatoms. The van der Waals surface area contributed by atoms with Crippen LogP contribution >= 0.6 is 0 Å². The van der Waals surface area contributed by atoms with Gasteiger partial charge >= 0.3 is 0 Å². The lowest BCUT2D eigenvalue weighted by atomic mass is 10.1. The maximum atomic E-state index is 5.49. The van der Waals surface area contributed by atoms with Gasteiger partial charge in [-0.25, -0.2) is 0 Å². The smallest absolute Gasteiger partial charge is 0.0227 e. The molecular weight excluding hydrogens is 100 g/mol. The second-order valence-corrected chi connectivity index (χ2v) is 2.95. The first kappa shape index (κ1) is 4.77. The van der Waals surface area contributed by atoms with E-state index in [1.54, 1.807) is 0 Å². The van der Waals surface area contributed by atoms with E-state index in [0.717, 1.165) is 18.5 Å². The number of nitrogens with two attached hydrogens (primary N) is 1. The van der Waals surface area contributed by atoms with E-state index in [2.05, 4.69) is 4.90 Å². The van der Waals surface area contributed by atoms with Crippen molar-refractivity contribution in [2.75, 3.05) is 19.6 Å². The summed E-state index contributed by atoms with van der Waals surface area (Å²) in [4.78, 5) is 2.50. The van der Waals surface area contributed by atoms with Crippen LogP contribution < -0.4 is 5.73 Å². The van der Waals surface area contributed by atoms with Crippen LogP contribution in [-0.4, -0.2) is 30.6 Å². The topological polar surface area (TPSA) is 29.0 Å². The highest BCUT2D eigenvalue weighted by atomic mass is 15.3. The highest BCUT2D eigenvalue weighted by Gasteiger charge is 2.42. The summed E-state index contributed by atoms with van der Waals surface area (Å²) in [7, 11) is 0. The van der Waals surface area contributed by atoms with Crippen molar-refractivity contribution in [2.24, 2.45) is 11.7 Å². The summed E-state index contributed by atoms with van der Waals surface area (Å²) >= 11 is 0. The first-order valence-corrected chi connectivity index (χ1v) is 3.34. The van der Waals surface area contributed by atoms with Crippen molar-refractivity contribution < 1.29 is 0 Å². The zero-order valence-corrected chi connectivity index (χ0v) is 5.01. The first-order chi connectivity index (χ1) is 3.90. The van der Waals surface area contributed by atoms with Crippen LogP contribution in [0.15, 0.2) is 0 Å². The SMILES string of the molecule is NCC1CC2CN2C1. The van der Waals surface area contributed by atoms with Gasteiger partial charge in [-0.15, -0.1) is 0 Å². The molecule has 3 unspecified atom stereocenters. The molecule has 0 aromatic carbocycles. The summed E-state index contributed by atoms with van der Waals surface area (Å²) in [6, 6.07) is 0.948.